The van der Waals surface area contributed by atoms with Gasteiger partial charge < -0.3 is 14.4 Å². The number of carbonyl (C=O) groups is 1. The van der Waals surface area contributed by atoms with Crippen LogP contribution in [0.5, 0.6) is 5.75 Å². The van der Waals surface area contributed by atoms with Gasteiger partial charge in [-0.05, 0) is 129 Å². The van der Waals surface area contributed by atoms with Crippen LogP contribution in [0.15, 0.2) is 66.9 Å². The van der Waals surface area contributed by atoms with E-state index in [1.165, 1.54) is 11.1 Å². The van der Waals surface area contributed by atoms with Crippen molar-refractivity contribution in [2.24, 2.45) is 17.8 Å². The number of aryl methyl sites for hydroxylation is 2. The Bertz CT molecular complexity index is 1920. The number of carbonyl (C=O) groups excluding carboxylic acids is 1. The standard InChI is InChI=1S/C40H48ClN3O5S/c1-26-15-18-42-33(19-26)22-40(48-4)17-5-7-27(2)28(3)50(46,47)43-38(45)30-10-14-37-36(21-30)44(23-31-9-12-35(31)40)24-39(25-49-37)16-6-8-29-20-32(41)11-13-34(29)39/h5,10-11,13-15,17-21,27-28,31,35H,6-9,12,16,22-25H2,1-4H3,(H,43,45)/b17-5+/t27-,28+,31-,35+,39-,40+/m0/s1. The molecule has 0 unspecified atom stereocenters. The Morgan fingerprint density at radius 1 is 1.12 bits per heavy atom. The number of nitrogens with one attached hydrogen (secondary N) is 1. The fourth-order valence-electron chi connectivity index (χ4n) is 8.81. The van der Waals surface area contributed by atoms with Gasteiger partial charge in [0.1, 0.15) is 5.75 Å². The van der Waals surface area contributed by atoms with Crippen LogP contribution >= 0.6 is 11.6 Å². The number of allylic oxidation sites excluding steroid dienone is 1. The summed E-state index contributed by atoms with van der Waals surface area (Å²) in [5, 5.41) is -0.0569. The Morgan fingerprint density at radius 2 is 1.96 bits per heavy atom. The third-order valence-corrected chi connectivity index (χ3v) is 14.2. The molecule has 266 valence electrons. The Kier molecular flexibility index (Phi) is 9.54. The van der Waals surface area contributed by atoms with E-state index in [4.69, 9.17) is 26.1 Å². The van der Waals surface area contributed by atoms with E-state index in [0.29, 0.717) is 43.2 Å². The van der Waals surface area contributed by atoms with Crippen molar-refractivity contribution >= 4 is 33.2 Å². The molecule has 1 aromatic heterocycles. The molecule has 2 aromatic carbocycles. The highest BCUT2D eigenvalue weighted by Gasteiger charge is 2.49. The molecule has 2 bridgehead atoms. The first kappa shape index (κ1) is 35.0. The van der Waals surface area contributed by atoms with Gasteiger partial charge in [-0.25, -0.2) is 13.1 Å². The number of fused-ring (bicyclic) bond motifs is 4. The molecule has 4 aliphatic rings. The van der Waals surface area contributed by atoms with Crippen LogP contribution in [0, 0.1) is 24.7 Å². The van der Waals surface area contributed by atoms with Crippen molar-refractivity contribution in [1.29, 1.82) is 0 Å². The van der Waals surface area contributed by atoms with Gasteiger partial charge in [-0.15, -0.1) is 0 Å². The summed E-state index contributed by atoms with van der Waals surface area (Å²) < 4.78 is 42.7. The lowest BCUT2D eigenvalue weighted by molar-refractivity contribution is -0.0751. The van der Waals surface area contributed by atoms with Crippen LogP contribution < -0.4 is 14.4 Å². The van der Waals surface area contributed by atoms with Crippen LogP contribution in [0.4, 0.5) is 5.69 Å². The van der Waals surface area contributed by atoms with E-state index in [9.17, 15) is 13.2 Å². The fraction of sp³-hybridized carbons (Fsp3) is 0.500. The van der Waals surface area contributed by atoms with Crippen LogP contribution in [0.1, 0.15) is 78.7 Å². The number of pyridine rings is 1. The summed E-state index contributed by atoms with van der Waals surface area (Å²) in [6.45, 7) is 7.59. The number of amides is 1. The molecule has 1 fully saturated rings. The monoisotopic (exact) mass is 717 g/mol. The first-order chi connectivity index (χ1) is 23.9. The van der Waals surface area contributed by atoms with E-state index in [0.717, 1.165) is 60.6 Å². The number of aromatic nitrogens is 1. The van der Waals surface area contributed by atoms with Gasteiger partial charge in [0.2, 0.25) is 10.0 Å². The first-order valence-corrected chi connectivity index (χ1v) is 19.9. The fourth-order valence-corrected chi connectivity index (χ4v) is 10.3. The summed E-state index contributed by atoms with van der Waals surface area (Å²) >= 11 is 6.48. The van der Waals surface area contributed by atoms with Crippen LogP contribution in [-0.2, 0) is 33.0 Å². The SMILES string of the molecule is CO[C@@]1(Cc2cc(C)ccn2)/C=C/C[C@H](C)[C@@H](C)S(=O)(=O)NC(=O)c2ccc3c(c2)N(C[C@@H]2CC[C@H]21)C[C@@]1(CCCc2cc(Cl)ccc21)CO3. The summed E-state index contributed by atoms with van der Waals surface area (Å²) in [4.78, 5) is 20.7. The summed E-state index contributed by atoms with van der Waals surface area (Å²) in [5.41, 5.74) is 4.84. The van der Waals surface area contributed by atoms with E-state index in [-0.39, 0.29) is 17.3 Å². The molecular formula is C40H48ClN3O5S. The van der Waals surface area contributed by atoms with Crippen LogP contribution in [-0.4, -0.2) is 57.0 Å². The Balaban J connectivity index is 1.34. The lowest BCUT2D eigenvalue weighted by Gasteiger charge is -2.50. The molecule has 3 aromatic rings. The summed E-state index contributed by atoms with van der Waals surface area (Å²) in [7, 11) is -2.17. The lowest BCUT2D eigenvalue weighted by Crippen LogP contribution is -2.54. The molecular weight excluding hydrogens is 670 g/mol. The average molecular weight is 718 g/mol. The Morgan fingerprint density at radius 3 is 2.72 bits per heavy atom. The number of anilines is 1. The summed E-state index contributed by atoms with van der Waals surface area (Å²) in [6.07, 6.45) is 12.3. The molecule has 10 heteroatoms. The minimum absolute atomic E-state index is 0.197. The van der Waals surface area contributed by atoms with Gasteiger partial charge in [-0.3, -0.25) is 9.78 Å². The quantitative estimate of drug-likeness (QED) is 0.286. The molecule has 1 spiro atoms. The third-order valence-electron chi connectivity index (χ3n) is 12.0. The van der Waals surface area contributed by atoms with Crippen LogP contribution in [0.2, 0.25) is 5.02 Å². The smallest absolute Gasteiger partial charge is 0.264 e. The maximum atomic E-state index is 13.6. The predicted octanol–water partition coefficient (Wildman–Crippen LogP) is 7.21. The van der Waals surface area contributed by atoms with E-state index < -0.39 is 26.8 Å². The predicted molar refractivity (Wildman–Crippen MR) is 198 cm³/mol. The highest BCUT2D eigenvalue weighted by atomic mass is 35.5. The minimum Gasteiger partial charge on any atom is -0.490 e. The lowest BCUT2D eigenvalue weighted by atomic mass is 9.62. The number of methoxy groups -OCH3 is 1. The van der Waals surface area contributed by atoms with Gasteiger partial charge in [-0.2, -0.15) is 0 Å². The number of halogens is 1. The van der Waals surface area contributed by atoms with Crippen LogP contribution in [0.3, 0.4) is 0 Å². The largest absolute Gasteiger partial charge is 0.490 e. The van der Waals surface area contributed by atoms with Crippen molar-refractivity contribution in [3.05, 3.63) is 99.9 Å². The molecule has 1 amide bonds. The summed E-state index contributed by atoms with van der Waals surface area (Å²) in [5.74, 6) is 0.319. The molecule has 1 N–H and O–H groups in total. The third kappa shape index (κ3) is 6.57. The molecule has 6 atom stereocenters. The first-order valence-electron chi connectivity index (χ1n) is 17.9. The molecule has 3 heterocycles. The highest BCUT2D eigenvalue weighted by molar-refractivity contribution is 7.90. The van der Waals surface area contributed by atoms with E-state index in [1.807, 2.05) is 37.4 Å². The number of rotatable bonds is 3. The second-order valence-electron chi connectivity index (χ2n) is 15.2. The maximum absolute atomic E-state index is 13.6. The molecule has 8 nitrogen and oxygen atoms in total. The maximum Gasteiger partial charge on any atom is 0.264 e. The Hall–Kier alpha value is -3.40. The molecule has 2 aliphatic heterocycles. The number of ether oxygens (including phenoxy) is 2. The normalized spacial score (nSPS) is 31.3. The van der Waals surface area contributed by atoms with E-state index >= 15 is 0 Å². The zero-order chi connectivity index (χ0) is 35.3. The Labute approximate surface area is 301 Å². The van der Waals surface area contributed by atoms with Crippen molar-refractivity contribution in [2.75, 3.05) is 31.7 Å². The van der Waals surface area contributed by atoms with E-state index in [1.54, 1.807) is 20.1 Å². The van der Waals surface area contributed by atoms with Gasteiger partial charge in [0.15, 0.2) is 0 Å². The van der Waals surface area contributed by atoms with Crippen molar-refractivity contribution in [3.63, 3.8) is 0 Å². The van der Waals surface area contributed by atoms with Crippen molar-refractivity contribution < 1.29 is 22.7 Å². The number of sulfonamides is 1. The zero-order valence-electron chi connectivity index (χ0n) is 29.5. The van der Waals surface area contributed by atoms with Gasteiger partial charge in [0.25, 0.3) is 5.91 Å². The molecule has 0 saturated heterocycles. The minimum atomic E-state index is -3.96. The summed E-state index contributed by atoms with van der Waals surface area (Å²) in [6, 6.07) is 15.7. The van der Waals surface area contributed by atoms with Crippen molar-refractivity contribution in [2.45, 2.75) is 82.0 Å². The second-order valence-corrected chi connectivity index (χ2v) is 17.7. The highest BCUT2D eigenvalue weighted by Crippen LogP contribution is 2.49. The molecule has 2 aliphatic carbocycles. The molecule has 1 saturated carbocycles. The van der Waals surface area contributed by atoms with Gasteiger partial charge >= 0.3 is 0 Å². The van der Waals surface area contributed by atoms with Gasteiger partial charge in [0.05, 0.1) is 23.1 Å². The number of benzene rings is 2. The topological polar surface area (TPSA) is 97.8 Å². The molecule has 0 radical (unpaired) electrons. The van der Waals surface area contributed by atoms with E-state index in [2.05, 4.69) is 46.9 Å². The van der Waals surface area contributed by atoms with Gasteiger partial charge in [0, 0.05) is 54.5 Å². The number of hydrogen-bond acceptors (Lipinski definition) is 7. The second kappa shape index (κ2) is 13.6. The average Bonchev–Trinajstić information content (AvgIpc) is 3.22. The zero-order valence-corrected chi connectivity index (χ0v) is 31.0. The van der Waals surface area contributed by atoms with Gasteiger partial charge in [-0.1, -0.05) is 36.7 Å². The van der Waals surface area contributed by atoms with Crippen molar-refractivity contribution in [3.8, 4) is 5.75 Å². The van der Waals surface area contributed by atoms with Crippen molar-refractivity contribution in [1.82, 2.24) is 9.71 Å². The number of nitrogens with zero attached hydrogens (tertiary/aromatic N) is 2. The van der Waals surface area contributed by atoms with Crippen LogP contribution in [0.25, 0.3) is 0 Å². The molecule has 50 heavy (non-hydrogen) atoms. The molecule has 7 rings (SSSR count). The number of hydrogen-bond donors (Lipinski definition) is 1.